The molecule has 0 aliphatic rings. The van der Waals surface area contributed by atoms with Gasteiger partial charge in [-0.15, -0.1) is 21.5 Å². The quantitative estimate of drug-likeness (QED) is 0.471. The molecule has 2 heterocycles. The number of rotatable bonds is 10. The van der Waals surface area contributed by atoms with E-state index in [9.17, 15) is 9.59 Å². The van der Waals surface area contributed by atoms with E-state index in [-0.39, 0.29) is 11.8 Å². The highest BCUT2D eigenvalue weighted by Gasteiger charge is 2.23. The predicted molar refractivity (Wildman–Crippen MR) is 117 cm³/mol. The Balaban J connectivity index is 1.67. The average Bonchev–Trinajstić information content (AvgIpc) is 3.41. The fourth-order valence-corrected chi connectivity index (χ4v) is 4.23. The zero-order valence-electron chi connectivity index (χ0n) is 16.3. The van der Waals surface area contributed by atoms with E-state index in [1.807, 2.05) is 41.8 Å². The molecule has 152 valence electrons. The van der Waals surface area contributed by atoms with Gasteiger partial charge < -0.3 is 5.32 Å². The van der Waals surface area contributed by atoms with Crippen LogP contribution in [0.3, 0.4) is 0 Å². The molecule has 1 aromatic carbocycles. The van der Waals surface area contributed by atoms with Crippen molar-refractivity contribution in [3.8, 4) is 0 Å². The van der Waals surface area contributed by atoms with Crippen LogP contribution in [-0.2, 0) is 17.6 Å². The van der Waals surface area contributed by atoms with E-state index >= 15 is 0 Å². The van der Waals surface area contributed by atoms with Crippen molar-refractivity contribution in [3.63, 3.8) is 0 Å². The van der Waals surface area contributed by atoms with Gasteiger partial charge in [0.25, 0.3) is 5.91 Å². The number of aryl methyl sites for hydroxylation is 1. The Bertz CT molecular complexity index is 910. The Morgan fingerprint density at radius 2 is 1.90 bits per heavy atom. The molecule has 2 amide bonds. The molecule has 3 aromatic rings. The van der Waals surface area contributed by atoms with Gasteiger partial charge in [0.05, 0.1) is 4.88 Å². The minimum Gasteiger partial charge on any atom is -0.339 e. The number of carbonyl (C=O) groups is 2. The highest BCUT2D eigenvalue weighted by molar-refractivity contribution is 7.15. The monoisotopic (exact) mass is 428 g/mol. The molecule has 2 N–H and O–H groups in total. The summed E-state index contributed by atoms with van der Waals surface area (Å²) in [6, 6.07) is 12.5. The highest BCUT2D eigenvalue weighted by Crippen LogP contribution is 2.18. The molecule has 1 atom stereocenters. The first-order chi connectivity index (χ1) is 14.2. The Hall–Kier alpha value is -2.58. The summed E-state index contributed by atoms with van der Waals surface area (Å²) in [7, 11) is 0. The molecule has 2 aromatic heterocycles. The zero-order chi connectivity index (χ0) is 20.5. The molecule has 29 heavy (non-hydrogen) atoms. The lowest BCUT2D eigenvalue weighted by Gasteiger charge is -2.17. The summed E-state index contributed by atoms with van der Waals surface area (Å²) in [6.07, 6.45) is 4.62. The second kappa shape index (κ2) is 10.8. The molecule has 1 unspecified atom stereocenters. The summed E-state index contributed by atoms with van der Waals surface area (Å²) in [4.78, 5) is 26.0. The highest BCUT2D eigenvalue weighted by atomic mass is 32.1. The van der Waals surface area contributed by atoms with Crippen molar-refractivity contribution in [1.29, 1.82) is 0 Å². The van der Waals surface area contributed by atoms with E-state index < -0.39 is 6.04 Å². The Morgan fingerprint density at radius 3 is 2.62 bits per heavy atom. The first kappa shape index (κ1) is 21.1. The van der Waals surface area contributed by atoms with Gasteiger partial charge >= 0.3 is 0 Å². The second-order valence-electron chi connectivity index (χ2n) is 6.64. The number of unbranched alkanes of at least 4 members (excludes halogenated alkanes) is 2. The number of aromatic nitrogens is 2. The number of amides is 2. The molecule has 8 heteroatoms. The van der Waals surface area contributed by atoms with Gasteiger partial charge in [-0.2, -0.15) is 0 Å². The van der Waals surface area contributed by atoms with Crippen molar-refractivity contribution in [2.24, 2.45) is 0 Å². The summed E-state index contributed by atoms with van der Waals surface area (Å²) in [5.74, 6) is -0.552. The number of thiophene rings is 1. The maximum Gasteiger partial charge on any atom is 0.262 e. The summed E-state index contributed by atoms with van der Waals surface area (Å²) in [5.41, 5.74) is 0.969. The first-order valence-electron chi connectivity index (χ1n) is 9.67. The second-order valence-corrected chi connectivity index (χ2v) is 8.65. The third-order valence-corrected chi connectivity index (χ3v) is 6.11. The van der Waals surface area contributed by atoms with Gasteiger partial charge in [-0.05, 0) is 23.4 Å². The zero-order valence-corrected chi connectivity index (χ0v) is 17.9. The van der Waals surface area contributed by atoms with Crippen molar-refractivity contribution in [3.05, 3.63) is 63.3 Å². The lowest BCUT2D eigenvalue weighted by molar-refractivity contribution is -0.118. The normalized spacial score (nSPS) is 11.8. The lowest BCUT2D eigenvalue weighted by atomic mass is 10.1. The summed E-state index contributed by atoms with van der Waals surface area (Å²) < 4.78 is 0. The Morgan fingerprint density at radius 1 is 1.07 bits per heavy atom. The topological polar surface area (TPSA) is 84.0 Å². The van der Waals surface area contributed by atoms with Crippen LogP contribution in [0.1, 0.15) is 46.4 Å². The van der Waals surface area contributed by atoms with Crippen LogP contribution in [0.4, 0.5) is 5.13 Å². The van der Waals surface area contributed by atoms with Crippen LogP contribution in [0.5, 0.6) is 0 Å². The van der Waals surface area contributed by atoms with Crippen LogP contribution < -0.4 is 10.6 Å². The first-order valence-corrected chi connectivity index (χ1v) is 11.4. The number of nitrogens with zero attached hydrogens (tertiary/aromatic N) is 2. The molecule has 3 rings (SSSR count). The van der Waals surface area contributed by atoms with Crippen LogP contribution in [-0.4, -0.2) is 28.1 Å². The summed E-state index contributed by atoms with van der Waals surface area (Å²) >= 11 is 2.73. The van der Waals surface area contributed by atoms with Crippen LogP contribution >= 0.6 is 22.7 Å². The van der Waals surface area contributed by atoms with Crippen LogP contribution in [0.2, 0.25) is 0 Å². The van der Waals surface area contributed by atoms with E-state index in [4.69, 9.17) is 0 Å². The molecule has 0 saturated heterocycles. The minimum absolute atomic E-state index is 0.256. The number of hydrogen-bond donors (Lipinski definition) is 2. The number of anilines is 1. The van der Waals surface area contributed by atoms with Crippen molar-refractivity contribution >= 4 is 39.6 Å². The third kappa shape index (κ3) is 6.47. The molecule has 0 spiro atoms. The molecule has 6 nitrogen and oxygen atoms in total. The standard InChI is InChI=1S/C21H24N4O2S2/c1-2-3-5-12-18-24-25-21(29-18)23-19(26)16(14-15-9-6-4-7-10-15)22-20(27)17-11-8-13-28-17/h4,6-11,13,16H,2-3,5,12,14H2,1H3,(H,22,27)(H,23,25,26). The van der Waals surface area contributed by atoms with Crippen LogP contribution in [0.15, 0.2) is 47.8 Å². The van der Waals surface area contributed by atoms with E-state index in [2.05, 4.69) is 27.8 Å². The SMILES string of the molecule is CCCCCc1nnc(NC(=O)C(Cc2ccccc2)NC(=O)c2cccs2)s1. The van der Waals surface area contributed by atoms with Gasteiger partial charge in [0.15, 0.2) is 0 Å². The molecule has 0 fully saturated rings. The van der Waals surface area contributed by atoms with E-state index in [1.54, 1.807) is 6.07 Å². The van der Waals surface area contributed by atoms with Gasteiger partial charge in [-0.3, -0.25) is 14.9 Å². The van der Waals surface area contributed by atoms with Crippen molar-refractivity contribution in [2.45, 2.75) is 45.1 Å². The molecular formula is C21H24N4O2S2. The maximum atomic E-state index is 12.9. The van der Waals surface area contributed by atoms with Gasteiger partial charge in [0.1, 0.15) is 11.0 Å². The van der Waals surface area contributed by atoms with E-state index in [1.165, 1.54) is 22.7 Å². The van der Waals surface area contributed by atoms with Crippen LogP contribution in [0.25, 0.3) is 0 Å². The molecule has 0 aliphatic carbocycles. The fourth-order valence-electron chi connectivity index (χ4n) is 2.82. The van der Waals surface area contributed by atoms with Gasteiger partial charge in [-0.25, -0.2) is 0 Å². The largest absolute Gasteiger partial charge is 0.339 e. The van der Waals surface area contributed by atoms with E-state index in [0.717, 1.165) is 36.3 Å². The molecule has 0 bridgehead atoms. The van der Waals surface area contributed by atoms with Gasteiger partial charge in [0, 0.05) is 12.8 Å². The molecule has 0 radical (unpaired) electrons. The Kier molecular flexibility index (Phi) is 7.89. The lowest BCUT2D eigenvalue weighted by Crippen LogP contribution is -2.45. The number of nitrogens with one attached hydrogen (secondary N) is 2. The van der Waals surface area contributed by atoms with Crippen molar-refractivity contribution in [2.75, 3.05) is 5.32 Å². The van der Waals surface area contributed by atoms with Crippen LogP contribution in [0, 0.1) is 0 Å². The van der Waals surface area contributed by atoms with Gasteiger partial charge in [-0.1, -0.05) is 67.5 Å². The smallest absolute Gasteiger partial charge is 0.262 e. The van der Waals surface area contributed by atoms with Crippen molar-refractivity contribution < 1.29 is 9.59 Å². The number of hydrogen-bond acceptors (Lipinski definition) is 6. The summed E-state index contributed by atoms with van der Waals surface area (Å²) in [6.45, 7) is 2.16. The average molecular weight is 429 g/mol. The minimum atomic E-state index is -0.709. The maximum absolute atomic E-state index is 12.9. The number of carbonyl (C=O) groups excluding carboxylic acids is 2. The third-order valence-electron chi connectivity index (χ3n) is 4.34. The molecular weight excluding hydrogens is 404 g/mol. The molecule has 0 saturated carbocycles. The van der Waals surface area contributed by atoms with Gasteiger partial charge in [0.2, 0.25) is 11.0 Å². The molecule has 0 aliphatic heterocycles. The van der Waals surface area contributed by atoms with Crippen molar-refractivity contribution in [1.82, 2.24) is 15.5 Å². The van der Waals surface area contributed by atoms with E-state index in [0.29, 0.717) is 16.4 Å². The number of benzene rings is 1. The Labute approximate surface area is 178 Å². The predicted octanol–water partition coefficient (Wildman–Crippen LogP) is 4.31. The fraction of sp³-hybridized carbons (Fsp3) is 0.333. The summed E-state index contributed by atoms with van der Waals surface area (Å²) in [5, 5.41) is 17.1.